The number of nitrogens with one attached hydrogen (secondary N) is 1. The number of hydrogen-bond acceptors (Lipinski definition) is 7. The van der Waals surface area contributed by atoms with E-state index in [9.17, 15) is 9.59 Å². The number of carbonyl (C=O) groups is 2. The zero-order valence-corrected chi connectivity index (χ0v) is 17.1. The molecule has 1 N–H and O–H groups in total. The fourth-order valence-corrected chi connectivity index (χ4v) is 4.24. The van der Waals surface area contributed by atoms with E-state index in [1.54, 1.807) is 11.9 Å². The number of hydrazone groups is 1. The third kappa shape index (κ3) is 3.61. The van der Waals surface area contributed by atoms with E-state index in [1.807, 2.05) is 49.2 Å². The van der Waals surface area contributed by atoms with Crippen LogP contribution in [0.2, 0.25) is 0 Å². The predicted molar refractivity (Wildman–Crippen MR) is 108 cm³/mol. The highest BCUT2D eigenvalue weighted by atomic mass is 16.5. The normalized spacial score (nSPS) is 27.2. The van der Waals surface area contributed by atoms with Gasteiger partial charge in [0.25, 0.3) is 5.91 Å². The fourth-order valence-electron chi connectivity index (χ4n) is 4.24. The Balaban J connectivity index is 1.57. The van der Waals surface area contributed by atoms with Gasteiger partial charge in [-0.1, -0.05) is 30.3 Å². The summed E-state index contributed by atoms with van der Waals surface area (Å²) in [5.74, 6) is -0.170. The van der Waals surface area contributed by atoms with Gasteiger partial charge in [-0.25, -0.2) is 9.69 Å². The average Bonchev–Trinajstić information content (AvgIpc) is 3.10. The summed E-state index contributed by atoms with van der Waals surface area (Å²) in [6.07, 6.45) is -0.632. The summed E-state index contributed by atoms with van der Waals surface area (Å²) in [4.78, 5) is 31.4. The van der Waals surface area contributed by atoms with Gasteiger partial charge in [-0.15, -0.1) is 0 Å². The predicted octanol–water partition coefficient (Wildman–Crippen LogP) is 0.692. The Morgan fingerprint density at radius 3 is 2.72 bits per heavy atom. The standard InChI is InChI=1S/C20H28N6O3/c1-4-29-11-10-26-19-21-17-16(24(19)12-14(2)22-26)18(27)25(20(28)23(17)3)13-15-8-6-5-7-9-15/h5-9,16-17,19,21H,4,10-13H2,1-3H3. The molecule has 3 unspecified atom stereocenters. The van der Waals surface area contributed by atoms with Crippen molar-refractivity contribution in [3.63, 3.8) is 0 Å². The molecule has 3 heterocycles. The lowest BCUT2D eigenvalue weighted by Crippen LogP contribution is -2.66. The Hall–Kier alpha value is -2.49. The molecule has 3 amide bonds. The number of amides is 3. The number of ether oxygens (including phenoxy) is 1. The first-order chi connectivity index (χ1) is 14.0. The van der Waals surface area contributed by atoms with Crippen LogP contribution < -0.4 is 5.32 Å². The lowest BCUT2D eigenvalue weighted by molar-refractivity contribution is -0.139. The number of likely N-dealkylation sites (N-methyl/N-ethyl adjacent to an activating group) is 1. The second-order valence-corrected chi connectivity index (χ2v) is 7.60. The van der Waals surface area contributed by atoms with Gasteiger partial charge in [-0.3, -0.25) is 20.0 Å². The molecule has 0 aromatic heterocycles. The lowest BCUT2D eigenvalue weighted by atomic mass is 10.1. The molecule has 3 atom stereocenters. The van der Waals surface area contributed by atoms with Crippen molar-refractivity contribution in [2.75, 3.05) is 33.4 Å². The Labute approximate surface area is 170 Å². The van der Waals surface area contributed by atoms with E-state index in [0.29, 0.717) is 26.3 Å². The van der Waals surface area contributed by atoms with Crippen LogP contribution in [0.1, 0.15) is 19.4 Å². The molecule has 0 spiro atoms. The fraction of sp³-hybridized carbons (Fsp3) is 0.550. The average molecular weight is 400 g/mol. The summed E-state index contributed by atoms with van der Waals surface area (Å²) in [5, 5.41) is 10.00. The summed E-state index contributed by atoms with van der Waals surface area (Å²) >= 11 is 0. The zero-order chi connectivity index (χ0) is 20.5. The number of benzene rings is 1. The maximum atomic E-state index is 13.4. The third-order valence-electron chi connectivity index (χ3n) is 5.60. The molecule has 3 aliphatic rings. The first-order valence-electron chi connectivity index (χ1n) is 10.0. The first-order valence-corrected chi connectivity index (χ1v) is 10.0. The van der Waals surface area contributed by atoms with Crippen LogP contribution >= 0.6 is 0 Å². The van der Waals surface area contributed by atoms with Crippen LogP contribution in [0.15, 0.2) is 35.4 Å². The molecule has 29 heavy (non-hydrogen) atoms. The number of fused-ring (bicyclic) bond motifs is 3. The molecule has 4 rings (SSSR count). The van der Waals surface area contributed by atoms with Gasteiger partial charge in [0.15, 0.2) is 6.29 Å². The molecule has 0 aliphatic carbocycles. The summed E-state index contributed by atoms with van der Waals surface area (Å²) in [5.41, 5.74) is 1.86. The second kappa shape index (κ2) is 8.10. The number of hydrogen-bond donors (Lipinski definition) is 1. The molecule has 0 saturated carbocycles. The largest absolute Gasteiger partial charge is 0.380 e. The van der Waals surface area contributed by atoms with Gasteiger partial charge in [0, 0.05) is 25.9 Å². The molecule has 2 saturated heterocycles. The van der Waals surface area contributed by atoms with E-state index >= 15 is 0 Å². The molecule has 1 aromatic rings. The van der Waals surface area contributed by atoms with Gasteiger partial charge >= 0.3 is 6.03 Å². The van der Waals surface area contributed by atoms with Crippen molar-refractivity contribution in [2.45, 2.75) is 38.9 Å². The smallest absolute Gasteiger partial charge is 0.328 e. The van der Waals surface area contributed by atoms with E-state index < -0.39 is 6.04 Å². The number of imide groups is 1. The Bertz CT molecular complexity index is 801. The van der Waals surface area contributed by atoms with E-state index in [-0.39, 0.29) is 30.9 Å². The van der Waals surface area contributed by atoms with Gasteiger partial charge < -0.3 is 9.64 Å². The van der Waals surface area contributed by atoms with Crippen LogP contribution in [0.5, 0.6) is 0 Å². The Morgan fingerprint density at radius 1 is 1.24 bits per heavy atom. The van der Waals surface area contributed by atoms with Crippen molar-refractivity contribution in [3.8, 4) is 0 Å². The Morgan fingerprint density at radius 2 is 2.00 bits per heavy atom. The number of nitrogens with zero attached hydrogens (tertiary/aromatic N) is 5. The van der Waals surface area contributed by atoms with Gasteiger partial charge in [0.05, 0.1) is 19.7 Å². The quantitative estimate of drug-likeness (QED) is 0.708. The van der Waals surface area contributed by atoms with E-state index in [0.717, 1.165) is 11.3 Å². The van der Waals surface area contributed by atoms with Crippen molar-refractivity contribution >= 4 is 17.6 Å². The van der Waals surface area contributed by atoms with Gasteiger partial charge in [0.1, 0.15) is 12.2 Å². The molecule has 156 valence electrons. The number of carbonyl (C=O) groups excluding carboxylic acids is 2. The van der Waals surface area contributed by atoms with Crippen LogP contribution in [0, 0.1) is 0 Å². The zero-order valence-electron chi connectivity index (χ0n) is 17.1. The highest BCUT2D eigenvalue weighted by molar-refractivity contribution is 6.01. The molecule has 2 fully saturated rings. The SMILES string of the molecule is CCOCCN1N=C(C)CN2C3C(=O)N(Cc4ccccc4)C(=O)N(C)C3NC12. The topological polar surface area (TPSA) is 80.7 Å². The van der Waals surface area contributed by atoms with Crippen LogP contribution in [0.3, 0.4) is 0 Å². The molecule has 9 nitrogen and oxygen atoms in total. The molecule has 0 radical (unpaired) electrons. The van der Waals surface area contributed by atoms with Crippen LogP contribution in [-0.2, 0) is 16.1 Å². The summed E-state index contributed by atoms with van der Waals surface area (Å²) < 4.78 is 5.48. The monoisotopic (exact) mass is 400 g/mol. The summed E-state index contributed by atoms with van der Waals surface area (Å²) in [7, 11) is 1.74. The molecule has 0 bridgehead atoms. The minimum absolute atomic E-state index is 0.170. The molecule has 1 aromatic carbocycles. The van der Waals surface area contributed by atoms with Crippen molar-refractivity contribution in [2.24, 2.45) is 5.10 Å². The van der Waals surface area contributed by atoms with Gasteiger partial charge in [-0.05, 0) is 19.4 Å². The minimum Gasteiger partial charge on any atom is -0.380 e. The molecular formula is C20H28N6O3. The highest BCUT2D eigenvalue weighted by Crippen LogP contribution is 2.30. The second-order valence-electron chi connectivity index (χ2n) is 7.60. The number of rotatable bonds is 6. The van der Waals surface area contributed by atoms with Gasteiger partial charge in [-0.2, -0.15) is 5.10 Å². The van der Waals surface area contributed by atoms with E-state index in [1.165, 1.54) is 4.90 Å². The summed E-state index contributed by atoms with van der Waals surface area (Å²) in [6, 6.07) is 8.86. The van der Waals surface area contributed by atoms with Crippen LogP contribution in [0.4, 0.5) is 4.79 Å². The Kier molecular flexibility index (Phi) is 5.53. The first kappa shape index (κ1) is 19.8. The maximum Gasteiger partial charge on any atom is 0.328 e. The molecular weight excluding hydrogens is 372 g/mol. The van der Waals surface area contributed by atoms with Crippen molar-refractivity contribution in [3.05, 3.63) is 35.9 Å². The van der Waals surface area contributed by atoms with Crippen molar-refractivity contribution in [1.29, 1.82) is 0 Å². The number of urea groups is 1. The third-order valence-corrected chi connectivity index (χ3v) is 5.60. The summed E-state index contributed by atoms with van der Waals surface area (Å²) in [6.45, 7) is 6.58. The van der Waals surface area contributed by atoms with Gasteiger partial charge in [0.2, 0.25) is 0 Å². The lowest BCUT2D eigenvalue weighted by Gasteiger charge is -2.42. The van der Waals surface area contributed by atoms with Crippen molar-refractivity contribution < 1.29 is 14.3 Å². The minimum atomic E-state index is -0.452. The van der Waals surface area contributed by atoms with E-state index in [2.05, 4.69) is 15.3 Å². The van der Waals surface area contributed by atoms with E-state index in [4.69, 9.17) is 4.74 Å². The van der Waals surface area contributed by atoms with Crippen molar-refractivity contribution in [1.82, 2.24) is 25.0 Å². The van der Waals surface area contributed by atoms with Crippen LogP contribution in [0.25, 0.3) is 0 Å². The molecule has 9 heteroatoms. The molecule has 3 aliphatic heterocycles. The van der Waals surface area contributed by atoms with Crippen LogP contribution in [-0.4, -0.2) is 89.2 Å². The highest BCUT2D eigenvalue weighted by Gasteiger charge is 2.56. The maximum absolute atomic E-state index is 13.4.